The first kappa shape index (κ1) is 18.3. The number of amides is 2. The van der Waals surface area contributed by atoms with Gasteiger partial charge in [-0.1, -0.05) is 12.1 Å². The Morgan fingerprint density at radius 2 is 2.17 bits per heavy atom. The summed E-state index contributed by atoms with van der Waals surface area (Å²) in [4.78, 5) is 25.5. The highest BCUT2D eigenvalue weighted by atomic mass is 19.4. The van der Waals surface area contributed by atoms with Crippen molar-refractivity contribution in [2.45, 2.75) is 32.1 Å². The third-order valence-electron chi connectivity index (χ3n) is 3.96. The molecule has 0 aliphatic carbocycles. The van der Waals surface area contributed by atoms with Gasteiger partial charge in [-0.25, -0.2) is 0 Å². The van der Waals surface area contributed by atoms with Gasteiger partial charge < -0.3 is 16.0 Å². The number of benzene rings is 1. The first-order valence-corrected chi connectivity index (χ1v) is 7.65. The van der Waals surface area contributed by atoms with E-state index >= 15 is 0 Å². The van der Waals surface area contributed by atoms with Crippen molar-refractivity contribution in [2.24, 2.45) is 11.7 Å². The lowest BCUT2D eigenvalue weighted by molar-refractivity contribution is -0.137. The molecule has 0 bridgehead atoms. The summed E-state index contributed by atoms with van der Waals surface area (Å²) in [5.41, 5.74) is 5.07. The number of hydrogen-bond acceptors (Lipinski definition) is 3. The van der Waals surface area contributed by atoms with Crippen LogP contribution in [0.2, 0.25) is 0 Å². The van der Waals surface area contributed by atoms with Crippen LogP contribution in [0, 0.1) is 5.92 Å². The van der Waals surface area contributed by atoms with Gasteiger partial charge in [0.15, 0.2) is 0 Å². The lowest BCUT2D eigenvalue weighted by Crippen LogP contribution is -2.41. The second-order valence-corrected chi connectivity index (χ2v) is 6.02. The monoisotopic (exact) mass is 343 g/mol. The van der Waals surface area contributed by atoms with Crippen molar-refractivity contribution in [3.8, 4) is 0 Å². The Balaban J connectivity index is 2.01. The predicted molar refractivity (Wildman–Crippen MR) is 81.6 cm³/mol. The van der Waals surface area contributed by atoms with E-state index in [1.54, 1.807) is 6.92 Å². The molecule has 0 saturated carbocycles. The summed E-state index contributed by atoms with van der Waals surface area (Å²) in [7, 11) is 0. The van der Waals surface area contributed by atoms with Crippen LogP contribution in [0.15, 0.2) is 24.3 Å². The minimum Gasteiger partial charge on any atom is -0.352 e. The number of hydrogen-bond donors (Lipinski definition) is 2. The molecule has 2 rings (SSSR count). The van der Waals surface area contributed by atoms with Crippen molar-refractivity contribution >= 4 is 11.8 Å². The first-order valence-electron chi connectivity index (χ1n) is 7.65. The Labute approximate surface area is 138 Å². The highest BCUT2D eigenvalue weighted by Gasteiger charge is 2.35. The third-order valence-corrected chi connectivity index (χ3v) is 3.96. The molecule has 3 N–H and O–H groups in total. The van der Waals surface area contributed by atoms with E-state index in [0.717, 1.165) is 12.1 Å². The summed E-state index contributed by atoms with van der Waals surface area (Å²) in [6.45, 7) is 2.30. The SMILES string of the molecule is C[C@@H](CN)NC(=O)C1CC(=O)N(Cc2cccc(C(F)(F)F)c2)C1. The van der Waals surface area contributed by atoms with Gasteiger partial charge in [0.25, 0.3) is 0 Å². The van der Waals surface area contributed by atoms with E-state index in [1.165, 1.54) is 17.0 Å². The lowest BCUT2D eigenvalue weighted by atomic mass is 10.1. The maximum atomic E-state index is 12.7. The van der Waals surface area contributed by atoms with Crippen LogP contribution >= 0.6 is 0 Å². The Kier molecular flexibility index (Phi) is 5.48. The molecular weight excluding hydrogens is 323 g/mol. The standard InChI is InChI=1S/C16H20F3N3O2/c1-10(7-20)21-15(24)12-6-14(23)22(9-12)8-11-3-2-4-13(5-11)16(17,18)19/h2-5,10,12H,6-9,20H2,1H3,(H,21,24)/t10-,12?/m0/s1. The topological polar surface area (TPSA) is 75.4 Å². The Bertz CT molecular complexity index is 619. The fourth-order valence-electron chi connectivity index (χ4n) is 2.59. The van der Waals surface area contributed by atoms with Crippen LogP contribution < -0.4 is 11.1 Å². The number of carbonyl (C=O) groups is 2. The van der Waals surface area contributed by atoms with Crippen LogP contribution in [0.5, 0.6) is 0 Å². The Morgan fingerprint density at radius 1 is 1.46 bits per heavy atom. The van der Waals surface area contributed by atoms with Crippen molar-refractivity contribution in [1.29, 1.82) is 0 Å². The van der Waals surface area contributed by atoms with Crippen LogP contribution in [0.1, 0.15) is 24.5 Å². The summed E-state index contributed by atoms with van der Waals surface area (Å²) in [5, 5.41) is 2.71. The average Bonchev–Trinajstić information content (AvgIpc) is 2.88. The molecule has 1 aromatic carbocycles. The maximum absolute atomic E-state index is 12.7. The summed E-state index contributed by atoms with van der Waals surface area (Å²) in [5.74, 6) is -1.00. The van der Waals surface area contributed by atoms with Gasteiger partial charge in [0.1, 0.15) is 0 Å². The Hall–Kier alpha value is -2.09. The number of nitrogens with one attached hydrogen (secondary N) is 1. The summed E-state index contributed by atoms with van der Waals surface area (Å²) in [6.07, 6.45) is -4.37. The van der Waals surface area contributed by atoms with Crippen LogP contribution in [0.4, 0.5) is 13.2 Å². The van der Waals surface area contributed by atoms with Gasteiger partial charge in [-0.3, -0.25) is 9.59 Å². The maximum Gasteiger partial charge on any atom is 0.416 e. The number of likely N-dealkylation sites (tertiary alicyclic amines) is 1. The number of carbonyl (C=O) groups excluding carboxylic acids is 2. The summed E-state index contributed by atoms with van der Waals surface area (Å²) < 4.78 is 38.2. The van der Waals surface area contributed by atoms with Gasteiger partial charge in [-0.15, -0.1) is 0 Å². The molecule has 2 atom stereocenters. The molecule has 0 aromatic heterocycles. The second kappa shape index (κ2) is 7.21. The van der Waals surface area contributed by atoms with E-state index in [-0.39, 0.29) is 37.4 Å². The van der Waals surface area contributed by atoms with Gasteiger partial charge in [-0.05, 0) is 24.6 Å². The zero-order chi connectivity index (χ0) is 17.9. The van der Waals surface area contributed by atoms with E-state index in [9.17, 15) is 22.8 Å². The zero-order valence-electron chi connectivity index (χ0n) is 13.3. The molecule has 1 unspecified atom stereocenters. The normalized spacial score (nSPS) is 19.5. The van der Waals surface area contributed by atoms with Gasteiger partial charge in [-0.2, -0.15) is 13.2 Å². The molecule has 1 aliphatic heterocycles. The van der Waals surface area contributed by atoms with Crippen LogP contribution in [0.3, 0.4) is 0 Å². The van der Waals surface area contributed by atoms with Crippen molar-refractivity contribution in [1.82, 2.24) is 10.2 Å². The largest absolute Gasteiger partial charge is 0.416 e. The lowest BCUT2D eigenvalue weighted by Gasteiger charge is -2.18. The van der Waals surface area contributed by atoms with Crippen molar-refractivity contribution < 1.29 is 22.8 Å². The molecule has 1 fully saturated rings. The quantitative estimate of drug-likeness (QED) is 0.851. The number of halogens is 3. The molecule has 1 aliphatic rings. The second-order valence-electron chi connectivity index (χ2n) is 6.02. The fourth-order valence-corrected chi connectivity index (χ4v) is 2.59. The van der Waals surface area contributed by atoms with Crippen LogP contribution in [-0.2, 0) is 22.3 Å². The molecule has 0 radical (unpaired) electrons. The number of rotatable bonds is 5. The Morgan fingerprint density at radius 3 is 2.79 bits per heavy atom. The minimum absolute atomic E-state index is 0.0545. The van der Waals surface area contributed by atoms with Crippen molar-refractivity contribution in [3.05, 3.63) is 35.4 Å². The van der Waals surface area contributed by atoms with Gasteiger partial charge in [0.05, 0.1) is 11.5 Å². The van der Waals surface area contributed by atoms with Crippen LogP contribution in [-0.4, -0.2) is 35.8 Å². The highest BCUT2D eigenvalue weighted by molar-refractivity contribution is 5.89. The molecule has 24 heavy (non-hydrogen) atoms. The minimum atomic E-state index is -4.42. The van der Waals surface area contributed by atoms with Crippen molar-refractivity contribution in [2.75, 3.05) is 13.1 Å². The fraction of sp³-hybridized carbons (Fsp3) is 0.500. The van der Waals surface area contributed by atoms with E-state index < -0.39 is 17.7 Å². The molecule has 1 saturated heterocycles. The number of nitrogens with zero attached hydrogens (tertiary/aromatic N) is 1. The molecule has 8 heteroatoms. The van der Waals surface area contributed by atoms with E-state index in [1.807, 2.05) is 0 Å². The van der Waals surface area contributed by atoms with E-state index in [0.29, 0.717) is 12.1 Å². The summed E-state index contributed by atoms with van der Waals surface area (Å²) in [6, 6.07) is 4.67. The van der Waals surface area contributed by atoms with E-state index in [2.05, 4.69) is 5.32 Å². The van der Waals surface area contributed by atoms with Gasteiger partial charge >= 0.3 is 6.18 Å². The van der Waals surface area contributed by atoms with E-state index in [4.69, 9.17) is 5.73 Å². The third kappa shape index (κ3) is 4.47. The highest BCUT2D eigenvalue weighted by Crippen LogP contribution is 2.30. The zero-order valence-corrected chi connectivity index (χ0v) is 13.3. The molecule has 132 valence electrons. The average molecular weight is 343 g/mol. The number of alkyl halides is 3. The summed E-state index contributed by atoms with van der Waals surface area (Å²) >= 11 is 0. The number of nitrogens with two attached hydrogens (primary N) is 1. The molecule has 0 spiro atoms. The van der Waals surface area contributed by atoms with Gasteiger partial charge in [0.2, 0.25) is 11.8 Å². The molecular formula is C16H20F3N3O2. The first-order chi connectivity index (χ1) is 11.2. The molecule has 5 nitrogen and oxygen atoms in total. The van der Waals surface area contributed by atoms with Crippen molar-refractivity contribution in [3.63, 3.8) is 0 Å². The predicted octanol–water partition coefficient (Wildman–Crippen LogP) is 1.52. The van der Waals surface area contributed by atoms with Crippen LogP contribution in [0.25, 0.3) is 0 Å². The smallest absolute Gasteiger partial charge is 0.352 e. The molecule has 2 amide bonds. The molecule has 1 heterocycles. The van der Waals surface area contributed by atoms with Gasteiger partial charge in [0, 0.05) is 32.1 Å². The molecule has 1 aromatic rings.